The van der Waals surface area contributed by atoms with E-state index in [1.807, 2.05) is 0 Å². The van der Waals surface area contributed by atoms with Crippen molar-refractivity contribution < 1.29 is 60.6 Å². The van der Waals surface area contributed by atoms with Gasteiger partial charge in [-0.05, 0) is 51.7 Å². The number of likely N-dealkylation sites (N-methyl/N-ethyl adjacent to an activating group) is 1. The van der Waals surface area contributed by atoms with Crippen LogP contribution in [0.25, 0.3) is 0 Å². The van der Waals surface area contributed by atoms with Crippen LogP contribution in [0.2, 0.25) is 0 Å². The molecule has 6 amide bonds. The minimum absolute atomic E-state index is 0.0148. The molecule has 0 radical (unpaired) electrons. The normalized spacial score (nSPS) is 25.7. The Bertz CT molecular complexity index is 1990. The molecule has 1 aromatic carbocycles. The summed E-state index contributed by atoms with van der Waals surface area (Å²) in [5.41, 5.74) is -1.80. The highest BCUT2D eigenvalue weighted by molar-refractivity contribution is 7.91. The zero-order chi connectivity index (χ0) is 41.6. The number of halogens is 1. The van der Waals surface area contributed by atoms with Gasteiger partial charge < -0.3 is 34.6 Å². The Kier molecular flexibility index (Phi) is 11.3. The van der Waals surface area contributed by atoms with E-state index in [9.17, 15) is 46.4 Å². The van der Waals surface area contributed by atoms with Crippen molar-refractivity contribution in [2.75, 3.05) is 20.1 Å². The fraction of sp³-hybridized carbons (Fsp3) is 0.595. The minimum atomic E-state index is -4.00. The molecular formula is C37H47FN6O12S. The van der Waals surface area contributed by atoms with Crippen molar-refractivity contribution in [2.45, 2.75) is 113 Å². The number of alkyl carbamates (subject to hydrolysis) is 1. The Labute approximate surface area is 328 Å². The SMILES string of the molecule is C=CC1CC1(NC(=O)C1CC(OC(=O)N2Cc3cccc(F)c3C2)CN1C(=O)C(CN(C)C(=O)C1CCC(=O)O1)NC(=O)OC(C)(C)C)C(=O)NS(=O)(=O)C1CC1. The van der Waals surface area contributed by atoms with Crippen LogP contribution in [0.3, 0.4) is 0 Å². The first-order chi connectivity index (χ1) is 26.7. The van der Waals surface area contributed by atoms with Crippen LogP contribution in [0.1, 0.15) is 70.4 Å². The van der Waals surface area contributed by atoms with Crippen molar-refractivity contribution in [1.82, 2.24) is 30.1 Å². The molecular weight excluding hydrogens is 772 g/mol. The Balaban J connectivity index is 1.25. The number of ether oxygens (including phenoxy) is 3. The van der Waals surface area contributed by atoms with Gasteiger partial charge in [0.25, 0.3) is 11.8 Å². The molecule has 20 heteroatoms. The molecule has 6 unspecified atom stereocenters. The first kappa shape index (κ1) is 41.4. The number of sulfonamides is 1. The number of amides is 6. The van der Waals surface area contributed by atoms with Crippen LogP contribution in [0.4, 0.5) is 14.0 Å². The maximum Gasteiger partial charge on any atom is 0.410 e. The Morgan fingerprint density at radius 3 is 2.46 bits per heavy atom. The van der Waals surface area contributed by atoms with E-state index in [1.165, 1.54) is 30.2 Å². The summed E-state index contributed by atoms with van der Waals surface area (Å²) < 4.78 is 58.2. The Morgan fingerprint density at radius 2 is 1.86 bits per heavy atom. The van der Waals surface area contributed by atoms with Crippen LogP contribution in [-0.4, -0.2) is 126 Å². The molecule has 5 aliphatic rings. The number of nitrogens with zero attached hydrogens (tertiary/aromatic N) is 3. The van der Waals surface area contributed by atoms with Gasteiger partial charge in [0, 0.05) is 50.9 Å². The first-order valence-corrected chi connectivity index (χ1v) is 20.2. The Hall–Kier alpha value is -5.27. The summed E-state index contributed by atoms with van der Waals surface area (Å²) >= 11 is 0. The summed E-state index contributed by atoms with van der Waals surface area (Å²) in [5, 5.41) is 4.38. The van der Waals surface area contributed by atoms with Crippen molar-refractivity contribution >= 4 is 51.8 Å². The second-order valence-corrected chi connectivity index (χ2v) is 18.1. The zero-order valence-electron chi connectivity index (χ0n) is 32.1. The number of likely N-dealkylation sites (tertiary alicyclic amines) is 1. The lowest BCUT2D eigenvalue weighted by Crippen LogP contribution is -2.60. The van der Waals surface area contributed by atoms with E-state index in [0.29, 0.717) is 24.0 Å². The van der Waals surface area contributed by atoms with E-state index in [2.05, 4.69) is 21.9 Å². The number of carbonyl (C=O) groups excluding carboxylic acids is 7. The van der Waals surface area contributed by atoms with Gasteiger partial charge in [0.2, 0.25) is 21.8 Å². The van der Waals surface area contributed by atoms with Crippen molar-refractivity contribution in [1.29, 1.82) is 0 Å². The molecule has 0 spiro atoms. The molecule has 6 rings (SSSR count). The number of hydrogen-bond donors (Lipinski definition) is 3. The lowest BCUT2D eigenvalue weighted by molar-refractivity contribution is -0.153. The summed E-state index contributed by atoms with van der Waals surface area (Å²) in [6.07, 6.45) is -2.09. The minimum Gasteiger partial charge on any atom is -0.452 e. The van der Waals surface area contributed by atoms with Crippen molar-refractivity contribution in [2.24, 2.45) is 5.92 Å². The molecule has 57 heavy (non-hydrogen) atoms. The predicted octanol–water partition coefficient (Wildman–Crippen LogP) is 0.974. The molecule has 310 valence electrons. The fourth-order valence-electron chi connectivity index (χ4n) is 7.27. The fourth-order valence-corrected chi connectivity index (χ4v) is 8.63. The lowest BCUT2D eigenvalue weighted by Gasteiger charge is -2.32. The van der Waals surface area contributed by atoms with E-state index >= 15 is 0 Å². The lowest BCUT2D eigenvalue weighted by atomic mass is 10.1. The first-order valence-electron chi connectivity index (χ1n) is 18.7. The van der Waals surface area contributed by atoms with Crippen LogP contribution in [-0.2, 0) is 61.3 Å². The van der Waals surface area contributed by atoms with Crippen LogP contribution in [0.15, 0.2) is 30.9 Å². The molecule has 3 heterocycles. The van der Waals surface area contributed by atoms with Gasteiger partial charge in [0.1, 0.15) is 35.1 Å². The third kappa shape index (κ3) is 9.15. The second kappa shape index (κ2) is 15.6. The van der Waals surface area contributed by atoms with Crippen molar-refractivity contribution in [3.8, 4) is 0 Å². The van der Waals surface area contributed by atoms with Crippen molar-refractivity contribution in [3.05, 3.63) is 47.8 Å². The van der Waals surface area contributed by atoms with E-state index < -0.39 is 111 Å². The van der Waals surface area contributed by atoms with Crippen molar-refractivity contribution in [3.63, 3.8) is 0 Å². The number of esters is 1. The number of nitrogens with one attached hydrogen (secondary N) is 3. The summed E-state index contributed by atoms with van der Waals surface area (Å²) in [6, 6.07) is 1.46. The predicted molar refractivity (Wildman–Crippen MR) is 195 cm³/mol. The maximum absolute atomic E-state index is 14.6. The van der Waals surface area contributed by atoms with E-state index in [4.69, 9.17) is 14.2 Å². The third-order valence-corrected chi connectivity index (χ3v) is 12.3. The van der Waals surface area contributed by atoms with Gasteiger partial charge >= 0.3 is 18.2 Å². The quantitative estimate of drug-likeness (QED) is 0.152. The van der Waals surface area contributed by atoms with Gasteiger partial charge in [0.15, 0.2) is 6.10 Å². The third-order valence-electron chi connectivity index (χ3n) is 10.5. The molecule has 2 aliphatic carbocycles. The van der Waals surface area contributed by atoms with E-state index in [0.717, 1.165) is 9.80 Å². The van der Waals surface area contributed by atoms with Gasteiger partial charge in [-0.3, -0.25) is 33.6 Å². The summed E-state index contributed by atoms with van der Waals surface area (Å²) in [5.74, 6) is -5.11. The monoisotopic (exact) mass is 818 g/mol. The number of carbonyl (C=O) groups is 7. The van der Waals surface area contributed by atoms with Crippen LogP contribution in [0.5, 0.6) is 0 Å². The molecule has 3 aliphatic heterocycles. The maximum atomic E-state index is 14.6. The molecule has 2 saturated heterocycles. The standard InChI is InChI=1S/C37H47FN6O12S/c1-6-21-15-37(21,33(49)41-57(52,53)23-10-11-23)40-30(46)27-14-22(54-35(51)43-16-20-8-7-9-25(38)24(20)18-43)17-44(27)31(47)26(39-34(50)56-36(2,3)4)19-42(5)32(48)28-12-13-29(45)55-28/h6-9,21-23,26-28H,1,10-19H2,2-5H3,(H,39,50)(H,40,46)(H,41,49). The number of rotatable bonds is 12. The molecule has 18 nitrogen and oxygen atoms in total. The highest BCUT2D eigenvalue weighted by Crippen LogP contribution is 2.45. The molecule has 6 atom stereocenters. The van der Waals surface area contributed by atoms with Crippen LogP contribution < -0.4 is 15.4 Å². The van der Waals surface area contributed by atoms with Gasteiger partial charge in [0.05, 0.1) is 18.3 Å². The summed E-state index contributed by atoms with van der Waals surface area (Å²) in [4.78, 5) is 97.1. The zero-order valence-corrected chi connectivity index (χ0v) is 32.9. The molecule has 2 saturated carbocycles. The highest BCUT2D eigenvalue weighted by atomic mass is 32.2. The van der Waals surface area contributed by atoms with Gasteiger partial charge in [-0.1, -0.05) is 18.2 Å². The molecule has 4 fully saturated rings. The number of benzene rings is 1. The van der Waals surface area contributed by atoms with Crippen LogP contribution >= 0.6 is 0 Å². The molecule has 0 aromatic heterocycles. The number of cyclic esters (lactones) is 1. The average Bonchev–Trinajstić information content (AvgIpc) is 3.95. The molecule has 3 N–H and O–H groups in total. The summed E-state index contributed by atoms with van der Waals surface area (Å²) in [6.45, 7) is 7.60. The van der Waals surface area contributed by atoms with Gasteiger partial charge in [-0.25, -0.2) is 22.4 Å². The smallest absolute Gasteiger partial charge is 0.410 e. The molecule has 0 bridgehead atoms. The highest BCUT2D eigenvalue weighted by Gasteiger charge is 2.62. The summed E-state index contributed by atoms with van der Waals surface area (Å²) in [7, 11) is -2.67. The second-order valence-electron chi connectivity index (χ2n) is 16.1. The van der Waals surface area contributed by atoms with E-state index in [-0.39, 0.29) is 45.3 Å². The number of fused-ring (bicyclic) bond motifs is 1. The van der Waals surface area contributed by atoms with E-state index in [1.54, 1.807) is 26.8 Å². The average molecular weight is 819 g/mol. The largest absolute Gasteiger partial charge is 0.452 e. The van der Waals surface area contributed by atoms with Gasteiger partial charge in [-0.15, -0.1) is 6.58 Å². The Morgan fingerprint density at radius 1 is 1.14 bits per heavy atom. The van der Waals surface area contributed by atoms with Crippen LogP contribution in [0, 0.1) is 11.7 Å². The number of hydrogen-bond acceptors (Lipinski definition) is 12. The molecule has 1 aromatic rings. The van der Waals surface area contributed by atoms with Gasteiger partial charge in [-0.2, -0.15) is 0 Å². The topological polar surface area (TPSA) is 227 Å².